The van der Waals surface area contributed by atoms with Gasteiger partial charge in [-0.05, 0) is 44.8 Å². The van der Waals surface area contributed by atoms with Crippen LogP contribution in [0.15, 0.2) is 24.3 Å². The Bertz CT molecular complexity index is 359. The molecule has 0 aromatic heterocycles. The van der Waals surface area contributed by atoms with Crippen LogP contribution in [0.25, 0.3) is 0 Å². The van der Waals surface area contributed by atoms with Crippen LogP contribution in [-0.4, -0.2) is 29.2 Å². The molecule has 0 amide bonds. The first-order valence-corrected chi connectivity index (χ1v) is 6.30. The summed E-state index contributed by atoms with van der Waals surface area (Å²) in [7, 11) is 0. The number of likely N-dealkylation sites (tertiary alicyclic amines) is 1. The fraction of sp³-hybridized carbons (Fsp3) is 0.571. The molecule has 1 N–H and O–H groups in total. The van der Waals surface area contributed by atoms with Gasteiger partial charge >= 0.3 is 0 Å². The Balaban J connectivity index is 1.88. The van der Waals surface area contributed by atoms with Crippen molar-refractivity contribution in [2.24, 2.45) is 5.92 Å². The van der Waals surface area contributed by atoms with E-state index < -0.39 is 0 Å². The molecule has 17 heavy (non-hydrogen) atoms. The number of rotatable bonds is 3. The lowest BCUT2D eigenvalue weighted by Crippen LogP contribution is -2.36. The number of aliphatic hydroxyl groups excluding tert-OH is 1. The molecule has 1 aromatic rings. The van der Waals surface area contributed by atoms with E-state index in [9.17, 15) is 9.50 Å². The van der Waals surface area contributed by atoms with Crippen LogP contribution in [0.3, 0.4) is 0 Å². The molecule has 3 heteroatoms. The topological polar surface area (TPSA) is 23.5 Å². The third-order valence-corrected chi connectivity index (χ3v) is 3.67. The maximum atomic E-state index is 13.5. The zero-order valence-corrected chi connectivity index (χ0v) is 10.3. The van der Waals surface area contributed by atoms with Crippen molar-refractivity contribution >= 4 is 0 Å². The lowest BCUT2D eigenvalue weighted by atomic mass is 9.92. The predicted molar refractivity (Wildman–Crippen MR) is 66.1 cm³/mol. The van der Waals surface area contributed by atoms with Crippen molar-refractivity contribution in [2.45, 2.75) is 32.4 Å². The van der Waals surface area contributed by atoms with Crippen molar-refractivity contribution < 1.29 is 9.50 Å². The Morgan fingerprint density at radius 1 is 1.35 bits per heavy atom. The van der Waals surface area contributed by atoms with Crippen LogP contribution in [0.5, 0.6) is 0 Å². The van der Waals surface area contributed by atoms with Crippen LogP contribution in [0, 0.1) is 11.7 Å². The Morgan fingerprint density at radius 2 is 2.00 bits per heavy atom. The molecule has 0 radical (unpaired) electrons. The summed E-state index contributed by atoms with van der Waals surface area (Å²) >= 11 is 0. The largest absolute Gasteiger partial charge is 0.393 e. The number of hydrogen-bond donors (Lipinski definition) is 1. The van der Waals surface area contributed by atoms with Gasteiger partial charge < -0.3 is 5.11 Å². The summed E-state index contributed by atoms with van der Waals surface area (Å²) in [5.74, 6) is 0.289. The van der Waals surface area contributed by atoms with Gasteiger partial charge in [-0.15, -0.1) is 0 Å². The highest BCUT2D eigenvalue weighted by atomic mass is 19.1. The van der Waals surface area contributed by atoms with Crippen LogP contribution in [0.1, 0.15) is 25.3 Å². The predicted octanol–water partition coefficient (Wildman–Crippen LogP) is 2.42. The first kappa shape index (κ1) is 12.5. The molecule has 1 aliphatic heterocycles. The smallest absolute Gasteiger partial charge is 0.127 e. The molecule has 1 aliphatic rings. The van der Waals surface area contributed by atoms with Gasteiger partial charge in [0.2, 0.25) is 0 Å². The van der Waals surface area contributed by atoms with Crippen LogP contribution in [0.4, 0.5) is 4.39 Å². The molecule has 1 aromatic carbocycles. The Hall–Kier alpha value is -0.930. The minimum Gasteiger partial charge on any atom is -0.393 e. The normalized spacial score (nSPS) is 20.4. The van der Waals surface area contributed by atoms with Gasteiger partial charge in [0.1, 0.15) is 5.82 Å². The molecule has 1 heterocycles. The summed E-state index contributed by atoms with van der Waals surface area (Å²) < 4.78 is 13.5. The van der Waals surface area contributed by atoms with Crippen molar-refractivity contribution in [3.8, 4) is 0 Å². The number of aliphatic hydroxyl groups is 1. The van der Waals surface area contributed by atoms with Gasteiger partial charge in [0, 0.05) is 12.1 Å². The van der Waals surface area contributed by atoms with Gasteiger partial charge in [-0.3, -0.25) is 4.90 Å². The first-order chi connectivity index (χ1) is 8.16. The highest BCUT2D eigenvalue weighted by Gasteiger charge is 2.22. The third-order valence-electron chi connectivity index (χ3n) is 3.67. The van der Waals surface area contributed by atoms with Crippen molar-refractivity contribution in [3.05, 3.63) is 35.6 Å². The number of piperidine rings is 1. The van der Waals surface area contributed by atoms with Crippen molar-refractivity contribution in [1.29, 1.82) is 0 Å². The van der Waals surface area contributed by atoms with E-state index in [0.717, 1.165) is 31.5 Å². The standard InChI is InChI=1S/C14H20FNO/c1-11(17)12-6-8-16(9-7-12)10-13-4-2-3-5-14(13)15/h2-5,11-12,17H,6-10H2,1H3. The van der Waals surface area contributed by atoms with Crippen LogP contribution in [0.2, 0.25) is 0 Å². The Morgan fingerprint density at radius 3 is 2.59 bits per heavy atom. The number of halogens is 1. The molecule has 94 valence electrons. The van der Waals surface area contributed by atoms with Gasteiger partial charge in [-0.2, -0.15) is 0 Å². The Labute approximate surface area is 102 Å². The number of hydrogen-bond acceptors (Lipinski definition) is 2. The van der Waals surface area contributed by atoms with E-state index in [1.807, 2.05) is 19.1 Å². The fourth-order valence-electron chi connectivity index (χ4n) is 2.46. The molecule has 0 aliphatic carbocycles. The second kappa shape index (κ2) is 5.61. The lowest BCUT2D eigenvalue weighted by Gasteiger charge is -2.33. The summed E-state index contributed by atoms with van der Waals surface area (Å²) in [6.45, 7) is 4.43. The van der Waals surface area contributed by atoms with E-state index in [4.69, 9.17) is 0 Å². The van der Waals surface area contributed by atoms with Crippen LogP contribution < -0.4 is 0 Å². The quantitative estimate of drug-likeness (QED) is 0.872. The minimum absolute atomic E-state index is 0.120. The summed E-state index contributed by atoms with van der Waals surface area (Å²) in [5, 5.41) is 9.52. The third kappa shape index (κ3) is 3.27. The zero-order chi connectivity index (χ0) is 12.3. The maximum Gasteiger partial charge on any atom is 0.127 e. The summed E-state index contributed by atoms with van der Waals surface area (Å²) in [5.41, 5.74) is 0.767. The van der Waals surface area contributed by atoms with E-state index >= 15 is 0 Å². The average molecular weight is 237 g/mol. The van der Waals surface area contributed by atoms with Crippen molar-refractivity contribution in [2.75, 3.05) is 13.1 Å². The second-order valence-electron chi connectivity index (χ2n) is 4.95. The van der Waals surface area contributed by atoms with Crippen molar-refractivity contribution in [3.63, 3.8) is 0 Å². The zero-order valence-electron chi connectivity index (χ0n) is 10.3. The SMILES string of the molecule is CC(O)C1CCN(Cc2ccccc2F)CC1. The average Bonchev–Trinajstić information content (AvgIpc) is 2.33. The molecule has 2 rings (SSSR count). The van der Waals surface area contributed by atoms with E-state index in [-0.39, 0.29) is 11.9 Å². The van der Waals surface area contributed by atoms with Gasteiger partial charge in [0.15, 0.2) is 0 Å². The summed E-state index contributed by atoms with van der Waals surface area (Å²) in [6, 6.07) is 6.95. The van der Waals surface area contributed by atoms with Crippen LogP contribution in [-0.2, 0) is 6.54 Å². The summed E-state index contributed by atoms with van der Waals surface area (Å²) in [6.07, 6.45) is 1.80. The number of benzene rings is 1. The van der Waals surface area contributed by atoms with Gasteiger partial charge in [-0.1, -0.05) is 18.2 Å². The highest BCUT2D eigenvalue weighted by Crippen LogP contribution is 2.22. The highest BCUT2D eigenvalue weighted by molar-refractivity contribution is 5.17. The molecule has 0 bridgehead atoms. The second-order valence-corrected chi connectivity index (χ2v) is 4.95. The van der Waals surface area contributed by atoms with Gasteiger partial charge in [0.25, 0.3) is 0 Å². The van der Waals surface area contributed by atoms with E-state index in [0.29, 0.717) is 12.5 Å². The molecular formula is C14H20FNO. The van der Waals surface area contributed by atoms with E-state index in [1.54, 1.807) is 6.07 Å². The van der Waals surface area contributed by atoms with Gasteiger partial charge in [-0.25, -0.2) is 4.39 Å². The molecule has 1 unspecified atom stereocenters. The van der Waals surface area contributed by atoms with Crippen molar-refractivity contribution in [1.82, 2.24) is 4.90 Å². The molecule has 1 fully saturated rings. The Kier molecular flexibility index (Phi) is 4.13. The molecule has 2 nitrogen and oxygen atoms in total. The van der Waals surface area contributed by atoms with E-state index in [1.165, 1.54) is 6.07 Å². The number of nitrogens with zero attached hydrogens (tertiary/aromatic N) is 1. The molecular weight excluding hydrogens is 217 g/mol. The van der Waals surface area contributed by atoms with E-state index in [2.05, 4.69) is 4.90 Å². The minimum atomic E-state index is -0.217. The molecule has 0 saturated carbocycles. The van der Waals surface area contributed by atoms with Gasteiger partial charge in [0.05, 0.1) is 6.10 Å². The van der Waals surface area contributed by atoms with Crippen LogP contribution >= 0.6 is 0 Å². The first-order valence-electron chi connectivity index (χ1n) is 6.30. The molecule has 1 atom stereocenters. The fourth-order valence-corrected chi connectivity index (χ4v) is 2.46. The molecule has 0 spiro atoms. The summed E-state index contributed by atoms with van der Waals surface area (Å²) in [4.78, 5) is 2.26. The lowest BCUT2D eigenvalue weighted by molar-refractivity contribution is 0.0692. The monoisotopic (exact) mass is 237 g/mol. The maximum absolute atomic E-state index is 13.5. The molecule has 1 saturated heterocycles.